The lowest BCUT2D eigenvalue weighted by Crippen LogP contribution is -2.50. The van der Waals surface area contributed by atoms with E-state index < -0.39 is 5.41 Å². The molecule has 1 saturated heterocycles. The molecule has 0 unspecified atom stereocenters. The SMILES string of the molecule is Cc1ccc(NC(=O)CN(C)C(=O)C2(c3ccccc3Cl)CCOCC2)nc1. The molecule has 28 heavy (non-hydrogen) atoms. The molecule has 0 radical (unpaired) electrons. The molecule has 7 heteroatoms. The van der Waals surface area contributed by atoms with Gasteiger partial charge >= 0.3 is 0 Å². The van der Waals surface area contributed by atoms with Gasteiger partial charge in [0.1, 0.15) is 5.82 Å². The Bertz CT molecular complexity index is 848. The number of likely N-dealkylation sites (N-methyl/N-ethyl adjacent to an activating group) is 1. The standard InChI is InChI=1S/C21H24ClN3O3/c1-15-7-8-18(23-13-15)24-19(26)14-25(2)20(27)21(9-11-28-12-10-21)16-5-3-4-6-17(16)22/h3-8,13H,9-12,14H2,1-2H3,(H,23,24,26). The smallest absolute Gasteiger partial charge is 0.245 e. The fraction of sp³-hybridized carbons (Fsp3) is 0.381. The molecule has 6 nitrogen and oxygen atoms in total. The Morgan fingerprint density at radius 2 is 1.93 bits per heavy atom. The van der Waals surface area contributed by atoms with Crippen LogP contribution in [0.2, 0.25) is 5.02 Å². The molecule has 148 valence electrons. The van der Waals surface area contributed by atoms with Gasteiger partial charge < -0.3 is 15.0 Å². The number of nitrogens with one attached hydrogen (secondary N) is 1. The summed E-state index contributed by atoms with van der Waals surface area (Å²) >= 11 is 6.42. The average molecular weight is 402 g/mol. The van der Waals surface area contributed by atoms with Crippen molar-refractivity contribution in [3.8, 4) is 0 Å². The molecule has 3 rings (SSSR count). The van der Waals surface area contributed by atoms with E-state index in [1.165, 1.54) is 4.90 Å². The summed E-state index contributed by atoms with van der Waals surface area (Å²) in [7, 11) is 1.64. The first-order chi connectivity index (χ1) is 13.4. The minimum absolute atomic E-state index is 0.0680. The number of pyridine rings is 1. The Labute approximate surface area is 169 Å². The van der Waals surface area contributed by atoms with Gasteiger partial charge in [-0.2, -0.15) is 0 Å². The van der Waals surface area contributed by atoms with Crippen LogP contribution in [0, 0.1) is 6.92 Å². The molecular formula is C21H24ClN3O3. The lowest BCUT2D eigenvalue weighted by molar-refractivity contribution is -0.142. The number of aryl methyl sites for hydroxylation is 1. The Morgan fingerprint density at radius 3 is 2.57 bits per heavy atom. The normalized spacial score (nSPS) is 15.7. The van der Waals surface area contributed by atoms with Gasteiger partial charge in [-0.1, -0.05) is 35.9 Å². The van der Waals surface area contributed by atoms with Crippen molar-refractivity contribution in [3.05, 3.63) is 58.7 Å². The van der Waals surface area contributed by atoms with Crippen LogP contribution >= 0.6 is 11.6 Å². The van der Waals surface area contributed by atoms with Crippen molar-refractivity contribution < 1.29 is 14.3 Å². The van der Waals surface area contributed by atoms with E-state index in [1.807, 2.05) is 31.2 Å². The number of benzene rings is 1. The highest BCUT2D eigenvalue weighted by molar-refractivity contribution is 6.31. The Kier molecular flexibility index (Phi) is 6.31. The highest BCUT2D eigenvalue weighted by Gasteiger charge is 2.44. The maximum absolute atomic E-state index is 13.4. The first-order valence-electron chi connectivity index (χ1n) is 9.23. The molecule has 2 amide bonds. The fourth-order valence-corrected chi connectivity index (χ4v) is 3.86. The van der Waals surface area contributed by atoms with Crippen LogP contribution in [-0.4, -0.2) is 48.5 Å². The zero-order valence-corrected chi connectivity index (χ0v) is 16.8. The average Bonchev–Trinajstić information content (AvgIpc) is 2.70. The quantitative estimate of drug-likeness (QED) is 0.835. The highest BCUT2D eigenvalue weighted by Crippen LogP contribution is 2.40. The summed E-state index contributed by atoms with van der Waals surface area (Å²) in [5.41, 5.74) is 1.01. The van der Waals surface area contributed by atoms with Crippen molar-refractivity contribution in [2.24, 2.45) is 0 Å². The van der Waals surface area contributed by atoms with Crippen LogP contribution in [0.15, 0.2) is 42.6 Å². The second-order valence-electron chi connectivity index (χ2n) is 7.10. The lowest BCUT2D eigenvalue weighted by Gasteiger charge is -2.39. The fourth-order valence-electron chi connectivity index (χ4n) is 3.54. The predicted octanol–water partition coefficient (Wildman–Crippen LogP) is 3.19. The highest BCUT2D eigenvalue weighted by atomic mass is 35.5. The molecule has 1 N–H and O–H groups in total. The summed E-state index contributed by atoms with van der Waals surface area (Å²) in [4.78, 5) is 31.4. The molecule has 0 saturated carbocycles. The molecule has 2 aromatic rings. The van der Waals surface area contributed by atoms with Gasteiger partial charge in [0.15, 0.2) is 0 Å². The van der Waals surface area contributed by atoms with Crippen LogP contribution in [0.3, 0.4) is 0 Å². The summed E-state index contributed by atoms with van der Waals surface area (Å²) in [6, 6.07) is 11.0. The summed E-state index contributed by atoms with van der Waals surface area (Å²) < 4.78 is 5.48. The van der Waals surface area contributed by atoms with Gasteiger partial charge in [-0.15, -0.1) is 0 Å². The van der Waals surface area contributed by atoms with Gasteiger partial charge in [0.05, 0.1) is 12.0 Å². The number of carbonyl (C=O) groups excluding carboxylic acids is 2. The first kappa shape index (κ1) is 20.3. The summed E-state index contributed by atoms with van der Waals surface area (Å²) in [5, 5.41) is 3.28. The van der Waals surface area contributed by atoms with E-state index >= 15 is 0 Å². The Hall–Kier alpha value is -2.44. The van der Waals surface area contributed by atoms with E-state index in [0.717, 1.165) is 11.1 Å². The molecule has 0 atom stereocenters. The number of hydrogen-bond donors (Lipinski definition) is 1. The Morgan fingerprint density at radius 1 is 1.21 bits per heavy atom. The van der Waals surface area contributed by atoms with Gasteiger partial charge in [-0.05, 0) is 43.0 Å². The molecule has 1 aliphatic rings. The van der Waals surface area contributed by atoms with Gasteiger partial charge in [0, 0.05) is 31.5 Å². The second-order valence-corrected chi connectivity index (χ2v) is 7.51. The van der Waals surface area contributed by atoms with Crippen LogP contribution in [-0.2, 0) is 19.7 Å². The zero-order valence-electron chi connectivity index (χ0n) is 16.1. The van der Waals surface area contributed by atoms with Crippen LogP contribution in [0.1, 0.15) is 24.0 Å². The van der Waals surface area contributed by atoms with E-state index in [4.69, 9.17) is 16.3 Å². The first-order valence-corrected chi connectivity index (χ1v) is 9.61. The van der Waals surface area contributed by atoms with Gasteiger partial charge in [0.25, 0.3) is 0 Å². The molecule has 2 heterocycles. The van der Waals surface area contributed by atoms with Gasteiger partial charge in [0.2, 0.25) is 11.8 Å². The number of hydrogen-bond acceptors (Lipinski definition) is 4. The summed E-state index contributed by atoms with van der Waals surface area (Å²) in [5.74, 6) is 0.0350. The minimum Gasteiger partial charge on any atom is -0.381 e. The third-order valence-corrected chi connectivity index (χ3v) is 5.38. The van der Waals surface area contributed by atoms with E-state index in [9.17, 15) is 9.59 Å². The molecule has 1 aromatic heterocycles. The second kappa shape index (κ2) is 8.71. The molecule has 0 spiro atoms. The number of anilines is 1. The van der Waals surface area contributed by atoms with Crippen molar-refractivity contribution in [3.63, 3.8) is 0 Å². The number of nitrogens with zero attached hydrogens (tertiary/aromatic N) is 2. The van der Waals surface area contributed by atoms with Crippen LogP contribution < -0.4 is 5.32 Å². The predicted molar refractivity (Wildman–Crippen MR) is 108 cm³/mol. The number of halogens is 1. The van der Waals surface area contributed by atoms with E-state index in [1.54, 1.807) is 25.4 Å². The third kappa shape index (κ3) is 4.34. The van der Waals surface area contributed by atoms with E-state index in [-0.39, 0.29) is 18.4 Å². The van der Waals surface area contributed by atoms with Gasteiger partial charge in [-0.25, -0.2) is 4.98 Å². The van der Waals surface area contributed by atoms with Crippen LogP contribution in [0.25, 0.3) is 0 Å². The lowest BCUT2D eigenvalue weighted by atomic mass is 9.73. The molecular weight excluding hydrogens is 378 g/mol. The number of amides is 2. The topological polar surface area (TPSA) is 71.5 Å². The summed E-state index contributed by atoms with van der Waals surface area (Å²) in [6.07, 6.45) is 2.74. The van der Waals surface area contributed by atoms with Gasteiger partial charge in [-0.3, -0.25) is 9.59 Å². The van der Waals surface area contributed by atoms with E-state index in [2.05, 4.69) is 10.3 Å². The molecule has 1 fully saturated rings. The van der Waals surface area contributed by atoms with Crippen molar-refractivity contribution in [1.29, 1.82) is 0 Å². The largest absolute Gasteiger partial charge is 0.381 e. The number of rotatable bonds is 5. The maximum atomic E-state index is 13.4. The molecule has 1 aromatic carbocycles. The van der Waals surface area contributed by atoms with Crippen LogP contribution in [0.4, 0.5) is 5.82 Å². The molecule has 0 aliphatic carbocycles. The maximum Gasteiger partial charge on any atom is 0.245 e. The van der Waals surface area contributed by atoms with Crippen molar-refractivity contribution in [2.45, 2.75) is 25.2 Å². The van der Waals surface area contributed by atoms with Crippen molar-refractivity contribution in [2.75, 3.05) is 32.1 Å². The van der Waals surface area contributed by atoms with Crippen molar-refractivity contribution >= 4 is 29.2 Å². The van der Waals surface area contributed by atoms with Crippen LogP contribution in [0.5, 0.6) is 0 Å². The Balaban J connectivity index is 1.76. The monoisotopic (exact) mass is 401 g/mol. The third-order valence-electron chi connectivity index (χ3n) is 5.05. The summed E-state index contributed by atoms with van der Waals surface area (Å²) in [6.45, 7) is 2.81. The molecule has 1 aliphatic heterocycles. The number of aromatic nitrogens is 1. The zero-order chi connectivity index (χ0) is 20.1. The molecule has 0 bridgehead atoms. The minimum atomic E-state index is -0.784. The number of carbonyl (C=O) groups is 2. The number of ether oxygens (including phenoxy) is 1. The van der Waals surface area contributed by atoms with E-state index in [0.29, 0.717) is 36.9 Å². The van der Waals surface area contributed by atoms with Crippen molar-refractivity contribution in [1.82, 2.24) is 9.88 Å².